The van der Waals surface area contributed by atoms with Gasteiger partial charge in [0.1, 0.15) is 5.75 Å². The van der Waals surface area contributed by atoms with Crippen molar-refractivity contribution in [3.63, 3.8) is 0 Å². The van der Waals surface area contributed by atoms with Gasteiger partial charge in [-0.25, -0.2) is 0 Å². The van der Waals surface area contributed by atoms with Crippen LogP contribution in [-0.2, 0) is 6.42 Å². The summed E-state index contributed by atoms with van der Waals surface area (Å²) in [7, 11) is 1.67. The van der Waals surface area contributed by atoms with E-state index in [9.17, 15) is 5.11 Å². The third-order valence-corrected chi connectivity index (χ3v) is 4.13. The van der Waals surface area contributed by atoms with Gasteiger partial charge in [0.05, 0.1) is 13.2 Å². The minimum Gasteiger partial charge on any atom is -0.497 e. The van der Waals surface area contributed by atoms with E-state index in [0.717, 1.165) is 35.0 Å². The number of hydrogen-bond donors (Lipinski definition) is 1. The third kappa shape index (κ3) is 4.09. The Morgan fingerprint density at radius 3 is 2.60 bits per heavy atom. The molecule has 0 fully saturated rings. The molecule has 106 valence electrons. The van der Waals surface area contributed by atoms with Crippen molar-refractivity contribution in [3.05, 3.63) is 64.1 Å². The summed E-state index contributed by atoms with van der Waals surface area (Å²) >= 11 is 3.55. The van der Waals surface area contributed by atoms with Crippen LogP contribution in [0.25, 0.3) is 0 Å². The Morgan fingerprint density at radius 2 is 1.90 bits per heavy atom. The van der Waals surface area contributed by atoms with Crippen molar-refractivity contribution in [2.24, 2.45) is 0 Å². The molecule has 0 radical (unpaired) electrons. The number of benzene rings is 2. The van der Waals surface area contributed by atoms with Gasteiger partial charge in [-0.05, 0) is 48.6 Å². The predicted octanol–water partition coefficient (Wildman–Crippen LogP) is 4.51. The maximum Gasteiger partial charge on any atom is 0.119 e. The molecule has 1 N–H and O–H groups in total. The van der Waals surface area contributed by atoms with Gasteiger partial charge in [-0.1, -0.05) is 46.3 Å². The Morgan fingerprint density at radius 1 is 1.15 bits per heavy atom. The lowest BCUT2D eigenvalue weighted by Crippen LogP contribution is -1.98. The zero-order valence-corrected chi connectivity index (χ0v) is 13.1. The third-order valence-electron chi connectivity index (χ3n) is 3.36. The second-order valence-corrected chi connectivity index (χ2v) is 5.63. The predicted molar refractivity (Wildman–Crippen MR) is 85.0 cm³/mol. The molecule has 2 nitrogen and oxygen atoms in total. The van der Waals surface area contributed by atoms with Crippen LogP contribution in [-0.4, -0.2) is 12.2 Å². The van der Waals surface area contributed by atoms with Gasteiger partial charge >= 0.3 is 0 Å². The Labute approximate surface area is 128 Å². The highest BCUT2D eigenvalue weighted by molar-refractivity contribution is 9.10. The highest BCUT2D eigenvalue weighted by Gasteiger charge is 2.08. The molecule has 0 heterocycles. The number of aliphatic hydroxyl groups excluding tert-OH is 1. The second-order valence-electron chi connectivity index (χ2n) is 4.78. The Kier molecular flexibility index (Phi) is 5.62. The van der Waals surface area contributed by atoms with Gasteiger partial charge < -0.3 is 9.84 Å². The maximum atomic E-state index is 10.1. The van der Waals surface area contributed by atoms with E-state index in [1.165, 1.54) is 5.56 Å². The van der Waals surface area contributed by atoms with E-state index >= 15 is 0 Å². The summed E-state index contributed by atoms with van der Waals surface area (Å²) in [6, 6.07) is 15.8. The summed E-state index contributed by atoms with van der Waals surface area (Å²) in [4.78, 5) is 0. The van der Waals surface area contributed by atoms with E-state index in [2.05, 4.69) is 15.9 Å². The molecule has 1 unspecified atom stereocenters. The lowest BCUT2D eigenvalue weighted by atomic mass is 10.0. The quantitative estimate of drug-likeness (QED) is 0.841. The van der Waals surface area contributed by atoms with E-state index in [-0.39, 0.29) is 6.10 Å². The number of hydrogen-bond acceptors (Lipinski definition) is 2. The summed E-state index contributed by atoms with van der Waals surface area (Å²) in [5.41, 5.74) is 2.20. The minimum absolute atomic E-state index is 0.388. The number of rotatable bonds is 6. The lowest BCUT2D eigenvalue weighted by molar-refractivity contribution is 0.164. The molecule has 0 aromatic heterocycles. The van der Waals surface area contributed by atoms with Crippen LogP contribution in [0.3, 0.4) is 0 Å². The van der Waals surface area contributed by atoms with Crippen LogP contribution in [0.5, 0.6) is 5.75 Å². The SMILES string of the molecule is COc1ccc(Br)c(CCCC(O)c2ccccc2)c1. The Hall–Kier alpha value is -1.32. The smallest absolute Gasteiger partial charge is 0.119 e. The zero-order valence-electron chi connectivity index (χ0n) is 11.6. The number of aliphatic hydroxyl groups is 1. The fourth-order valence-electron chi connectivity index (χ4n) is 2.20. The molecule has 0 spiro atoms. The second kappa shape index (κ2) is 7.46. The molecule has 2 aromatic carbocycles. The summed E-state index contributed by atoms with van der Waals surface area (Å²) in [6.07, 6.45) is 2.22. The first-order chi connectivity index (χ1) is 9.70. The number of methoxy groups -OCH3 is 1. The maximum absolute atomic E-state index is 10.1. The largest absolute Gasteiger partial charge is 0.497 e. The first-order valence-corrected chi connectivity index (χ1v) is 7.55. The van der Waals surface area contributed by atoms with Crippen molar-refractivity contribution in [1.82, 2.24) is 0 Å². The van der Waals surface area contributed by atoms with Gasteiger partial charge in [0.15, 0.2) is 0 Å². The molecule has 0 aliphatic carbocycles. The van der Waals surface area contributed by atoms with Crippen molar-refractivity contribution in [2.75, 3.05) is 7.11 Å². The molecule has 3 heteroatoms. The summed E-state index contributed by atoms with van der Waals surface area (Å²) in [6.45, 7) is 0. The van der Waals surface area contributed by atoms with Crippen LogP contribution < -0.4 is 4.74 Å². The molecule has 1 atom stereocenters. The van der Waals surface area contributed by atoms with E-state index in [0.29, 0.717) is 0 Å². The van der Waals surface area contributed by atoms with E-state index < -0.39 is 0 Å². The van der Waals surface area contributed by atoms with Crippen LogP contribution in [0.2, 0.25) is 0 Å². The molecule has 0 amide bonds. The Bertz CT molecular complexity index is 540. The van der Waals surface area contributed by atoms with Gasteiger partial charge in [-0.15, -0.1) is 0 Å². The molecule has 0 saturated carbocycles. The van der Waals surface area contributed by atoms with Crippen LogP contribution in [0, 0.1) is 0 Å². The molecular weight excluding hydrogens is 316 g/mol. The molecular formula is C17H19BrO2. The normalized spacial score (nSPS) is 12.2. The lowest BCUT2D eigenvalue weighted by Gasteiger charge is -2.12. The fourth-order valence-corrected chi connectivity index (χ4v) is 2.64. The van der Waals surface area contributed by atoms with Crippen molar-refractivity contribution in [2.45, 2.75) is 25.4 Å². The van der Waals surface area contributed by atoms with Gasteiger partial charge in [-0.2, -0.15) is 0 Å². The number of aryl methyl sites for hydroxylation is 1. The molecule has 2 rings (SSSR count). The number of halogens is 1. The summed E-state index contributed by atoms with van der Waals surface area (Å²) < 4.78 is 6.33. The average Bonchev–Trinajstić information content (AvgIpc) is 2.50. The highest BCUT2D eigenvalue weighted by atomic mass is 79.9. The summed E-state index contributed by atoms with van der Waals surface area (Å²) in [5, 5.41) is 10.1. The van der Waals surface area contributed by atoms with Gasteiger partial charge in [0, 0.05) is 4.47 Å². The number of ether oxygens (including phenoxy) is 1. The minimum atomic E-state index is -0.388. The van der Waals surface area contributed by atoms with Crippen molar-refractivity contribution < 1.29 is 9.84 Å². The zero-order chi connectivity index (χ0) is 14.4. The van der Waals surface area contributed by atoms with Gasteiger partial charge in [-0.3, -0.25) is 0 Å². The monoisotopic (exact) mass is 334 g/mol. The topological polar surface area (TPSA) is 29.5 Å². The van der Waals surface area contributed by atoms with Crippen LogP contribution in [0.1, 0.15) is 30.1 Å². The fraction of sp³-hybridized carbons (Fsp3) is 0.294. The van der Waals surface area contributed by atoms with Gasteiger partial charge in [0.25, 0.3) is 0 Å². The van der Waals surface area contributed by atoms with Gasteiger partial charge in [0.2, 0.25) is 0 Å². The van der Waals surface area contributed by atoms with Crippen LogP contribution >= 0.6 is 15.9 Å². The molecule has 2 aromatic rings. The first-order valence-electron chi connectivity index (χ1n) is 6.76. The molecule has 0 bridgehead atoms. The Balaban J connectivity index is 1.90. The highest BCUT2D eigenvalue weighted by Crippen LogP contribution is 2.25. The molecule has 0 aliphatic rings. The van der Waals surface area contributed by atoms with E-state index in [1.54, 1.807) is 7.11 Å². The average molecular weight is 335 g/mol. The summed E-state index contributed by atoms with van der Waals surface area (Å²) in [5.74, 6) is 0.867. The van der Waals surface area contributed by atoms with Crippen molar-refractivity contribution in [1.29, 1.82) is 0 Å². The standard InChI is InChI=1S/C17H19BrO2/c1-20-15-10-11-16(18)14(12-15)8-5-9-17(19)13-6-3-2-4-7-13/h2-4,6-7,10-12,17,19H,5,8-9H2,1H3. The first kappa shape index (κ1) is 15.1. The van der Waals surface area contributed by atoms with Crippen LogP contribution in [0.4, 0.5) is 0 Å². The van der Waals surface area contributed by atoms with Crippen molar-refractivity contribution >= 4 is 15.9 Å². The molecule has 0 aliphatic heterocycles. The molecule has 20 heavy (non-hydrogen) atoms. The van der Waals surface area contributed by atoms with E-state index in [1.807, 2.05) is 48.5 Å². The van der Waals surface area contributed by atoms with E-state index in [4.69, 9.17) is 4.74 Å². The molecule has 0 saturated heterocycles. The van der Waals surface area contributed by atoms with Crippen LogP contribution in [0.15, 0.2) is 53.0 Å². The van der Waals surface area contributed by atoms with Crippen molar-refractivity contribution in [3.8, 4) is 5.75 Å².